The lowest BCUT2D eigenvalue weighted by Gasteiger charge is -2.19. The number of benzene rings is 1. The van der Waals surface area contributed by atoms with Crippen molar-refractivity contribution in [1.29, 1.82) is 5.41 Å². The molecule has 2 heterocycles. The van der Waals surface area contributed by atoms with E-state index in [1.165, 1.54) is 11.3 Å². The molecule has 2 N–H and O–H groups in total. The number of nitrogens with one attached hydrogen (secondary N) is 1. The second-order valence-corrected chi connectivity index (χ2v) is 7.74. The van der Waals surface area contributed by atoms with Crippen molar-refractivity contribution in [3.05, 3.63) is 34.3 Å². The SMILES string of the molecule is COc1ccc(OC)c(-c2csc(C3=C(O)CN(CCC(C)C)C3=N)n2)c1. The van der Waals surface area contributed by atoms with E-state index in [1.54, 1.807) is 14.2 Å². The first kappa shape index (κ1) is 19.2. The van der Waals surface area contributed by atoms with Crippen molar-refractivity contribution in [3.8, 4) is 22.8 Å². The molecule has 3 rings (SSSR count). The van der Waals surface area contributed by atoms with Crippen LogP contribution < -0.4 is 9.47 Å². The van der Waals surface area contributed by atoms with Gasteiger partial charge in [0.05, 0.1) is 32.0 Å². The Labute approximate surface area is 163 Å². The monoisotopic (exact) mass is 387 g/mol. The molecule has 0 bridgehead atoms. The Balaban J connectivity index is 1.88. The molecule has 6 nitrogen and oxygen atoms in total. The van der Waals surface area contributed by atoms with E-state index in [1.807, 2.05) is 28.5 Å². The van der Waals surface area contributed by atoms with Crippen molar-refractivity contribution >= 4 is 22.7 Å². The number of nitrogens with zero attached hydrogens (tertiary/aromatic N) is 2. The number of methoxy groups -OCH3 is 2. The van der Waals surface area contributed by atoms with Crippen LogP contribution in [0, 0.1) is 11.3 Å². The summed E-state index contributed by atoms with van der Waals surface area (Å²) in [4.78, 5) is 6.58. The zero-order valence-electron chi connectivity index (χ0n) is 16.1. The van der Waals surface area contributed by atoms with E-state index in [2.05, 4.69) is 18.8 Å². The summed E-state index contributed by atoms with van der Waals surface area (Å²) in [6.45, 7) is 5.44. The molecule has 0 saturated carbocycles. The van der Waals surface area contributed by atoms with Gasteiger partial charge in [0.1, 0.15) is 28.1 Å². The Kier molecular flexibility index (Phi) is 5.70. The first-order chi connectivity index (χ1) is 12.9. The zero-order chi connectivity index (χ0) is 19.6. The maximum Gasteiger partial charge on any atom is 0.135 e. The highest BCUT2D eigenvalue weighted by Crippen LogP contribution is 2.37. The van der Waals surface area contributed by atoms with Crippen LogP contribution in [0.4, 0.5) is 0 Å². The molecule has 144 valence electrons. The Bertz CT molecular complexity index is 873. The minimum atomic E-state index is 0.210. The topological polar surface area (TPSA) is 78.7 Å². The van der Waals surface area contributed by atoms with Gasteiger partial charge in [-0.15, -0.1) is 11.3 Å². The molecule has 0 aliphatic carbocycles. The van der Waals surface area contributed by atoms with E-state index in [4.69, 9.17) is 14.9 Å². The molecular formula is C20H25N3O3S. The summed E-state index contributed by atoms with van der Waals surface area (Å²) < 4.78 is 10.8. The molecule has 1 aromatic heterocycles. The van der Waals surface area contributed by atoms with Gasteiger partial charge in [-0.3, -0.25) is 5.41 Å². The van der Waals surface area contributed by atoms with Crippen molar-refractivity contribution in [2.45, 2.75) is 20.3 Å². The number of aliphatic hydroxyl groups excluding tert-OH is 1. The Morgan fingerprint density at radius 2 is 2.07 bits per heavy atom. The standard InChI is InChI=1S/C20H25N3O3S/c1-12(2)7-8-23-10-16(24)18(19(23)21)20-22-15(11-27-20)14-9-13(25-3)5-6-17(14)26-4/h5-6,9,11-12,21,24H,7-8,10H2,1-4H3. The van der Waals surface area contributed by atoms with Crippen LogP contribution in [0.15, 0.2) is 29.3 Å². The number of rotatable bonds is 7. The third kappa shape index (κ3) is 3.93. The summed E-state index contributed by atoms with van der Waals surface area (Å²) in [5.74, 6) is 2.52. The van der Waals surface area contributed by atoms with Gasteiger partial charge in [-0.05, 0) is 30.5 Å². The summed E-state index contributed by atoms with van der Waals surface area (Å²) in [6.07, 6.45) is 0.979. The molecule has 0 spiro atoms. The number of amidine groups is 1. The highest BCUT2D eigenvalue weighted by Gasteiger charge is 2.30. The van der Waals surface area contributed by atoms with Gasteiger partial charge in [0, 0.05) is 17.5 Å². The molecule has 0 fully saturated rings. The van der Waals surface area contributed by atoms with E-state index >= 15 is 0 Å². The van der Waals surface area contributed by atoms with Crippen molar-refractivity contribution in [1.82, 2.24) is 9.88 Å². The molecule has 1 aliphatic rings. The molecule has 0 unspecified atom stereocenters. The lowest BCUT2D eigenvalue weighted by atomic mass is 10.1. The second kappa shape index (κ2) is 8.00. The number of aliphatic hydroxyl groups is 1. The van der Waals surface area contributed by atoms with Crippen molar-refractivity contribution < 1.29 is 14.6 Å². The normalized spacial score (nSPS) is 14.4. The van der Waals surface area contributed by atoms with Crippen LogP contribution in [0.2, 0.25) is 0 Å². The van der Waals surface area contributed by atoms with Crippen LogP contribution in [0.1, 0.15) is 25.3 Å². The van der Waals surface area contributed by atoms with Gasteiger partial charge in [0.2, 0.25) is 0 Å². The fourth-order valence-electron chi connectivity index (χ4n) is 2.99. The lowest BCUT2D eigenvalue weighted by molar-refractivity contribution is 0.337. The molecule has 0 amide bonds. The second-order valence-electron chi connectivity index (χ2n) is 6.88. The third-order valence-corrected chi connectivity index (χ3v) is 5.42. The molecule has 0 atom stereocenters. The van der Waals surface area contributed by atoms with Crippen LogP contribution in [-0.2, 0) is 0 Å². The van der Waals surface area contributed by atoms with Crippen LogP contribution >= 0.6 is 11.3 Å². The molecule has 1 aromatic carbocycles. The molecule has 1 aliphatic heterocycles. The number of thiazole rings is 1. The number of hydrogen-bond donors (Lipinski definition) is 2. The largest absolute Gasteiger partial charge is 0.510 e. The van der Waals surface area contributed by atoms with Crippen LogP contribution in [0.5, 0.6) is 11.5 Å². The van der Waals surface area contributed by atoms with E-state index < -0.39 is 0 Å². The quantitative estimate of drug-likeness (QED) is 0.734. The van der Waals surface area contributed by atoms with Gasteiger partial charge in [-0.25, -0.2) is 4.98 Å². The summed E-state index contributed by atoms with van der Waals surface area (Å²) in [6, 6.07) is 5.55. The molecular weight excluding hydrogens is 362 g/mol. The molecule has 27 heavy (non-hydrogen) atoms. The number of aromatic nitrogens is 1. The summed E-state index contributed by atoms with van der Waals surface area (Å²) in [7, 11) is 3.23. The highest BCUT2D eigenvalue weighted by molar-refractivity contribution is 7.11. The van der Waals surface area contributed by atoms with E-state index in [0.717, 1.165) is 30.0 Å². The van der Waals surface area contributed by atoms with E-state index in [0.29, 0.717) is 34.6 Å². The van der Waals surface area contributed by atoms with Gasteiger partial charge in [0.15, 0.2) is 0 Å². The van der Waals surface area contributed by atoms with Gasteiger partial charge in [0.25, 0.3) is 0 Å². The van der Waals surface area contributed by atoms with Gasteiger partial charge < -0.3 is 19.5 Å². The molecule has 0 radical (unpaired) electrons. The lowest BCUT2D eigenvalue weighted by Crippen LogP contribution is -2.28. The maximum atomic E-state index is 10.4. The van der Waals surface area contributed by atoms with E-state index in [-0.39, 0.29) is 5.76 Å². The molecule has 2 aromatic rings. The van der Waals surface area contributed by atoms with Crippen molar-refractivity contribution in [3.63, 3.8) is 0 Å². The van der Waals surface area contributed by atoms with Gasteiger partial charge in [-0.1, -0.05) is 13.8 Å². The van der Waals surface area contributed by atoms with E-state index in [9.17, 15) is 5.11 Å². The fraction of sp³-hybridized carbons (Fsp3) is 0.400. The third-order valence-electron chi connectivity index (χ3n) is 4.56. The minimum absolute atomic E-state index is 0.210. The summed E-state index contributed by atoms with van der Waals surface area (Å²) in [5.41, 5.74) is 2.08. The first-order valence-electron chi connectivity index (χ1n) is 8.88. The molecule has 0 saturated heterocycles. The maximum absolute atomic E-state index is 10.4. The van der Waals surface area contributed by atoms with Gasteiger partial charge >= 0.3 is 0 Å². The smallest absolute Gasteiger partial charge is 0.135 e. The predicted molar refractivity (Wildman–Crippen MR) is 109 cm³/mol. The minimum Gasteiger partial charge on any atom is -0.510 e. The van der Waals surface area contributed by atoms with Gasteiger partial charge in [-0.2, -0.15) is 0 Å². The van der Waals surface area contributed by atoms with Crippen LogP contribution in [0.3, 0.4) is 0 Å². The number of ether oxygens (including phenoxy) is 2. The Morgan fingerprint density at radius 1 is 1.30 bits per heavy atom. The predicted octanol–water partition coefficient (Wildman–Crippen LogP) is 4.44. The average Bonchev–Trinajstić information content (AvgIpc) is 3.23. The Hall–Kier alpha value is -2.54. The van der Waals surface area contributed by atoms with Crippen molar-refractivity contribution in [2.75, 3.05) is 27.3 Å². The zero-order valence-corrected chi connectivity index (χ0v) is 16.9. The molecule has 7 heteroatoms. The fourth-order valence-corrected chi connectivity index (χ4v) is 3.88. The van der Waals surface area contributed by atoms with Crippen LogP contribution in [-0.4, -0.2) is 48.1 Å². The van der Waals surface area contributed by atoms with Crippen molar-refractivity contribution in [2.24, 2.45) is 5.92 Å². The first-order valence-corrected chi connectivity index (χ1v) is 9.76. The Morgan fingerprint density at radius 3 is 2.74 bits per heavy atom. The average molecular weight is 388 g/mol. The summed E-state index contributed by atoms with van der Waals surface area (Å²) in [5, 5.41) is 21.4. The number of hydrogen-bond acceptors (Lipinski definition) is 6. The summed E-state index contributed by atoms with van der Waals surface area (Å²) >= 11 is 1.42. The highest BCUT2D eigenvalue weighted by atomic mass is 32.1. The van der Waals surface area contributed by atoms with Crippen LogP contribution in [0.25, 0.3) is 16.8 Å².